The molecule has 126 valence electrons. The van der Waals surface area contributed by atoms with Gasteiger partial charge in [-0.3, -0.25) is 4.72 Å². The molecule has 0 fully saturated rings. The molecule has 0 atom stereocenters. The number of hydrogen-bond donors (Lipinski definition) is 1. The monoisotopic (exact) mass is 365 g/mol. The summed E-state index contributed by atoms with van der Waals surface area (Å²) >= 11 is 1.14. The molecule has 0 bridgehead atoms. The zero-order valence-electron chi connectivity index (χ0n) is 13.0. The van der Waals surface area contributed by atoms with Crippen molar-refractivity contribution in [3.05, 3.63) is 47.0 Å². The second-order valence-electron chi connectivity index (χ2n) is 5.03. The largest absolute Gasteiger partial charge is 0.460 e. The van der Waals surface area contributed by atoms with Gasteiger partial charge in [0.05, 0.1) is 6.61 Å². The van der Waals surface area contributed by atoms with Crippen LogP contribution in [0.4, 0.5) is 5.69 Å². The molecule has 0 aliphatic rings. The SMILES string of the molecule is CCOC(=O)c1oc2ccc(NS(=O)(=O)c3cccs3)cc2c1C. The first-order valence-electron chi connectivity index (χ1n) is 7.19. The van der Waals surface area contributed by atoms with Gasteiger partial charge in [-0.25, -0.2) is 13.2 Å². The molecule has 8 heteroatoms. The number of esters is 1. The molecular weight excluding hydrogens is 350 g/mol. The quantitative estimate of drug-likeness (QED) is 0.696. The van der Waals surface area contributed by atoms with Gasteiger partial charge in [0.1, 0.15) is 9.79 Å². The molecule has 0 aliphatic heterocycles. The Labute approximate surface area is 143 Å². The molecule has 2 heterocycles. The fraction of sp³-hybridized carbons (Fsp3) is 0.188. The Hall–Kier alpha value is -2.32. The third kappa shape index (κ3) is 3.02. The highest BCUT2D eigenvalue weighted by molar-refractivity contribution is 7.94. The number of carbonyl (C=O) groups is 1. The fourth-order valence-corrected chi connectivity index (χ4v) is 4.34. The van der Waals surface area contributed by atoms with E-state index < -0.39 is 16.0 Å². The summed E-state index contributed by atoms with van der Waals surface area (Å²) in [7, 11) is -3.62. The molecule has 0 saturated heterocycles. The standard InChI is InChI=1S/C16H15NO5S2/c1-3-21-16(18)15-10(2)12-9-11(6-7-13(12)22-15)17-24(19,20)14-5-4-8-23-14/h4-9,17H,3H2,1-2H3. The van der Waals surface area contributed by atoms with E-state index in [9.17, 15) is 13.2 Å². The first-order chi connectivity index (χ1) is 11.4. The molecule has 0 amide bonds. The summed E-state index contributed by atoms with van der Waals surface area (Å²) in [6, 6.07) is 8.06. The molecule has 1 aromatic carbocycles. The van der Waals surface area contributed by atoms with E-state index in [1.54, 1.807) is 43.5 Å². The lowest BCUT2D eigenvalue weighted by molar-refractivity contribution is 0.0491. The van der Waals surface area contributed by atoms with Crippen LogP contribution in [0.1, 0.15) is 23.0 Å². The lowest BCUT2D eigenvalue weighted by Crippen LogP contribution is -2.11. The Morgan fingerprint density at radius 1 is 1.33 bits per heavy atom. The highest BCUT2D eigenvalue weighted by Crippen LogP contribution is 2.29. The molecule has 0 saturated carbocycles. The highest BCUT2D eigenvalue weighted by Gasteiger charge is 2.20. The molecule has 6 nitrogen and oxygen atoms in total. The van der Waals surface area contributed by atoms with Crippen molar-refractivity contribution in [1.82, 2.24) is 0 Å². The van der Waals surface area contributed by atoms with Gasteiger partial charge in [-0.2, -0.15) is 0 Å². The van der Waals surface area contributed by atoms with Crippen molar-refractivity contribution in [2.45, 2.75) is 18.1 Å². The molecule has 1 N–H and O–H groups in total. The van der Waals surface area contributed by atoms with Crippen LogP contribution in [0.2, 0.25) is 0 Å². The molecule has 3 aromatic rings. The number of fused-ring (bicyclic) bond motifs is 1. The third-order valence-electron chi connectivity index (χ3n) is 3.41. The van der Waals surface area contributed by atoms with Gasteiger partial charge in [0, 0.05) is 16.6 Å². The van der Waals surface area contributed by atoms with E-state index in [-0.39, 0.29) is 16.6 Å². The summed E-state index contributed by atoms with van der Waals surface area (Å²) in [5, 5.41) is 2.35. The fourth-order valence-electron chi connectivity index (χ4n) is 2.30. The van der Waals surface area contributed by atoms with Gasteiger partial charge in [-0.05, 0) is 43.5 Å². The van der Waals surface area contributed by atoms with Crippen molar-refractivity contribution in [2.24, 2.45) is 0 Å². The first-order valence-corrected chi connectivity index (χ1v) is 9.55. The average molecular weight is 365 g/mol. The third-order valence-corrected chi connectivity index (χ3v) is 6.19. The summed E-state index contributed by atoms with van der Waals surface area (Å²) in [6.07, 6.45) is 0. The Morgan fingerprint density at radius 3 is 2.79 bits per heavy atom. The number of rotatable bonds is 5. The van der Waals surface area contributed by atoms with E-state index in [1.807, 2.05) is 0 Å². The van der Waals surface area contributed by atoms with E-state index in [1.165, 1.54) is 6.07 Å². The van der Waals surface area contributed by atoms with Gasteiger partial charge < -0.3 is 9.15 Å². The number of nitrogens with one attached hydrogen (secondary N) is 1. The van der Waals surface area contributed by atoms with Crippen molar-refractivity contribution in [3.8, 4) is 0 Å². The zero-order valence-corrected chi connectivity index (χ0v) is 14.7. The first kappa shape index (κ1) is 16.5. The van der Waals surface area contributed by atoms with Crippen LogP contribution in [0.3, 0.4) is 0 Å². The van der Waals surface area contributed by atoms with Crippen LogP contribution >= 0.6 is 11.3 Å². The number of anilines is 1. The van der Waals surface area contributed by atoms with Gasteiger partial charge >= 0.3 is 5.97 Å². The molecule has 24 heavy (non-hydrogen) atoms. The number of thiophene rings is 1. The lowest BCUT2D eigenvalue weighted by atomic mass is 10.1. The normalized spacial score (nSPS) is 11.6. The van der Waals surface area contributed by atoms with Gasteiger partial charge in [0.25, 0.3) is 10.0 Å². The minimum absolute atomic E-state index is 0.130. The maximum atomic E-state index is 12.3. The summed E-state index contributed by atoms with van der Waals surface area (Å²) in [5.74, 6) is -0.406. The summed E-state index contributed by atoms with van der Waals surface area (Å²) < 4.78 is 37.8. The number of aryl methyl sites for hydroxylation is 1. The van der Waals surface area contributed by atoms with Crippen LogP contribution < -0.4 is 4.72 Å². The zero-order chi connectivity index (χ0) is 17.3. The molecule has 2 aromatic heterocycles. The van der Waals surface area contributed by atoms with E-state index in [0.717, 1.165) is 11.3 Å². The molecule has 0 aliphatic carbocycles. The van der Waals surface area contributed by atoms with Crippen LogP contribution in [0, 0.1) is 6.92 Å². The van der Waals surface area contributed by atoms with Gasteiger partial charge in [-0.1, -0.05) is 6.07 Å². The van der Waals surface area contributed by atoms with Crippen molar-refractivity contribution in [2.75, 3.05) is 11.3 Å². The Bertz CT molecular complexity index is 987. The number of hydrogen-bond acceptors (Lipinski definition) is 6. The van der Waals surface area contributed by atoms with Crippen molar-refractivity contribution >= 4 is 44.0 Å². The smallest absolute Gasteiger partial charge is 0.374 e. The van der Waals surface area contributed by atoms with Crippen LogP contribution in [0.5, 0.6) is 0 Å². The predicted octanol–water partition coefficient (Wildman–Crippen LogP) is 3.78. The minimum Gasteiger partial charge on any atom is -0.460 e. The van der Waals surface area contributed by atoms with Crippen LogP contribution in [0.25, 0.3) is 11.0 Å². The second kappa shape index (κ2) is 6.29. The Kier molecular flexibility index (Phi) is 4.33. The maximum absolute atomic E-state index is 12.3. The van der Waals surface area contributed by atoms with Crippen molar-refractivity contribution in [1.29, 1.82) is 0 Å². The van der Waals surface area contributed by atoms with Crippen molar-refractivity contribution in [3.63, 3.8) is 0 Å². The Balaban J connectivity index is 1.97. The van der Waals surface area contributed by atoms with Gasteiger partial charge in [-0.15, -0.1) is 11.3 Å². The lowest BCUT2D eigenvalue weighted by Gasteiger charge is -2.06. The maximum Gasteiger partial charge on any atom is 0.374 e. The molecule has 0 unspecified atom stereocenters. The van der Waals surface area contributed by atoms with Crippen LogP contribution in [-0.2, 0) is 14.8 Å². The van der Waals surface area contributed by atoms with E-state index in [0.29, 0.717) is 22.2 Å². The van der Waals surface area contributed by atoms with Crippen LogP contribution in [-0.4, -0.2) is 21.0 Å². The summed E-state index contributed by atoms with van der Waals surface area (Å²) in [4.78, 5) is 11.9. The minimum atomic E-state index is -3.62. The Morgan fingerprint density at radius 2 is 2.12 bits per heavy atom. The number of furan rings is 1. The van der Waals surface area contributed by atoms with Gasteiger partial charge in [0.2, 0.25) is 5.76 Å². The molecular formula is C16H15NO5S2. The molecule has 0 spiro atoms. The number of benzene rings is 1. The molecule has 0 radical (unpaired) electrons. The van der Waals surface area contributed by atoms with E-state index >= 15 is 0 Å². The van der Waals surface area contributed by atoms with E-state index in [2.05, 4.69) is 4.72 Å². The predicted molar refractivity (Wildman–Crippen MR) is 92.0 cm³/mol. The second-order valence-corrected chi connectivity index (χ2v) is 7.88. The van der Waals surface area contributed by atoms with E-state index in [4.69, 9.17) is 9.15 Å². The average Bonchev–Trinajstić information content (AvgIpc) is 3.17. The molecule has 3 rings (SSSR count). The van der Waals surface area contributed by atoms with Crippen LogP contribution in [0.15, 0.2) is 44.3 Å². The summed E-state index contributed by atoms with van der Waals surface area (Å²) in [6.45, 7) is 3.70. The van der Waals surface area contributed by atoms with Crippen molar-refractivity contribution < 1.29 is 22.4 Å². The number of carbonyl (C=O) groups excluding carboxylic acids is 1. The number of sulfonamides is 1. The van der Waals surface area contributed by atoms with Gasteiger partial charge in [0.15, 0.2) is 0 Å². The number of ether oxygens (including phenoxy) is 1. The highest BCUT2D eigenvalue weighted by atomic mass is 32.2. The topological polar surface area (TPSA) is 85.6 Å². The summed E-state index contributed by atoms with van der Waals surface area (Å²) in [5.41, 5.74) is 1.51.